The van der Waals surface area contributed by atoms with Gasteiger partial charge in [-0.3, -0.25) is 9.59 Å². The molecule has 2 aliphatic heterocycles. The Morgan fingerprint density at radius 2 is 1.62 bits per heavy atom. The number of carbonyl (C=O) groups excluding carboxylic acids is 2. The normalized spacial score (nSPS) is 21.4. The van der Waals surface area contributed by atoms with Gasteiger partial charge in [-0.15, -0.1) is 0 Å². The van der Waals surface area contributed by atoms with Crippen LogP contribution in [0.3, 0.4) is 0 Å². The van der Waals surface area contributed by atoms with E-state index >= 15 is 0 Å². The van der Waals surface area contributed by atoms with Crippen molar-refractivity contribution in [2.75, 3.05) is 27.6 Å². The first-order chi connectivity index (χ1) is 14.0. The molecule has 3 aliphatic rings. The van der Waals surface area contributed by atoms with Crippen LogP contribution < -0.4 is 18.9 Å². The molecule has 1 aliphatic carbocycles. The molecule has 8 heteroatoms. The summed E-state index contributed by atoms with van der Waals surface area (Å²) in [4.78, 5) is 25.8. The number of phenols is 1. The second-order valence-electron chi connectivity index (χ2n) is 7.16. The van der Waals surface area contributed by atoms with Crippen molar-refractivity contribution >= 4 is 11.8 Å². The maximum absolute atomic E-state index is 13.4. The first kappa shape index (κ1) is 17.7. The average molecular weight is 398 g/mol. The molecular formula is C21H18O8. The van der Waals surface area contributed by atoms with Crippen LogP contribution in [0.25, 0.3) is 11.1 Å². The minimum Gasteiger partial charge on any atom is -0.504 e. The highest BCUT2D eigenvalue weighted by atomic mass is 16.7. The van der Waals surface area contributed by atoms with Crippen LogP contribution in [0.4, 0.5) is 0 Å². The number of esters is 1. The van der Waals surface area contributed by atoms with Gasteiger partial charge < -0.3 is 28.8 Å². The van der Waals surface area contributed by atoms with Crippen molar-refractivity contribution in [1.82, 2.24) is 0 Å². The van der Waals surface area contributed by atoms with Crippen molar-refractivity contribution in [3.63, 3.8) is 0 Å². The molecule has 5 rings (SSSR count). The molecule has 2 atom stereocenters. The van der Waals surface area contributed by atoms with Gasteiger partial charge in [-0.25, -0.2) is 0 Å². The molecule has 0 saturated carbocycles. The molecule has 0 bridgehead atoms. The fourth-order valence-corrected chi connectivity index (χ4v) is 4.36. The minimum atomic E-state index is -0.641. The van der Waals surface area contributed by atoms with Crippen LogP contribution in [-0.2, 0) is 16.0 Å². The van der Waals surface area contributed by atoms with E-state index in [2.05, 4.69) is 0 Å². The molecule has 0 aromatic heterocycles. The van der Waals surface area contributed by atoms with Gasteiger partial charge in [0.05, 0.1) is 26.1 Å². The number of fused-ring (bicyclic) bond motifs is 5. The molecule has 0 radical (unpaired) electrons. The Hall–Kier alpha value is -3.42. The molecule has 8 nitrogen and oxygen atoms in total. The lowest BCUT2D eigenvalue weighted by atomic mass is 9.77. The predicted molar refractivity (Wildman–Crippen MR) is 98.7 cm³/mol. The second-order valence-corrected chi connectivity index (χ2v) is 7.16. The van der Waals surface area contributed by atoms with Gasteiger partial charge in [0.2, 0.25) is 12.5 Å². The lowest BCUT2D eigenvalue weighted by Crippen LogP contribution is -2.28. The molecule has 1 fully saturated rings. The Morgan fingerprint density at radius 1 is 0.931 bits per heavy atom. The zero-order chi connectivity index (χ0) is 20.3. The van der Waals surface area contributed by atoms with Crippen LogP contribution in [0.1, 0.15) is 15.9 Å². The summed E-state index contributed by atoms with van der Waals surface area (Å²) in [6.07, 6.45) is 0.229. The quantitative estimate of drug-likeness (QED) is 0.770. The summed E-state index contributed by atoms with van der Waals surface area (Å²) < 4.78 is 27.1. The topological polar surface area (TPSA) is 101 Å². The fraction of sp³-hybridized carbons (Fsp3) is 0.333. The van der Waals surface area contributed by atoms with Crippen LogP contribution in [0.15, 0.2) is 18.2 Å². The van der Waals surface area contributed by atoms with E-state index in [9.17, 15) is 14.7 Å². The van der Waals surface area contributed by atoms with Crippen molar-refractivity contribution < 1.29 is 38.4 Å². The molecule has 150 valence electrons. The number of benzene rings is 2. The molecular weight excluding hydrogens is 380 g/mol. The third-order valence-electron chi connectivity index (χ3n) is 5.72. The minimum absolute atomic E-state index is 0.0326. The number of Topliss-reactive ketones (excluding diaryl/α,β-unsaturated/α-hetero) is 1. The number of hydrogen-bond acceptors (Lipinski definition) is 8. The lowest BCUT2D eigenvalue weighted by Gasteiger charge is -2.25. The van der Waals surface area contributed by atoms with Gasteiger partial charge >= 0.3 is 5.97 Å². The summed E-state index contributed by atoms with van der Waals surface area (Å²) >= 11 is 0. The number of cyclic esters (lactones) is 1. The fourth-order valence-electron chi connectivity index (χ4n) is 4.36. The van der Waals surface area contributed by atoms with Gasteiger partial charge in [-0.05, 0) is 30.2 Å². The van der Waals surface area contributed by atoms with Crippen molar-refractivity contribution in [1.29, 1.82) is 0 Å². The zero-order valence-electron chi connectivity index (χ0n) is 15.8. The van der Waals surface area contributed by atoms with E-state index in [1.165, 1.54) is 14.2 Å². The average Bonchev–Trinajstić information content (AvgIpc) is 3.31. The van der Waals surface area contributed by atoms with Crippen LogP contribution in [0.5, 0.6) is 28.7 Å². The Morgan fingerprint density at radius 3 is 2.31 bits per heavy atom. The number of rotatable bonds is 2. The van der Waals surface area contributed by atoms with Gasteiger partial charge in [-0.2, -0.15) is 0 Å². The number of ketones is 1. The zero-order valence-corrected chi connectivity index (χ0v) is 15.8. The Bertz CT molecular complexity index is 1060. The smallest absolute Gasteiger partial charge is 0.310 e. The summed E-state index contributed by atoms with van der Waals surface area (Å²) in [5, 5.41) is 10.5. The number of methoxy groups -OCH3 is 2. The van der Waals surface area contributed by atoms with Crippen LogP contribution in [-0.4, -0.2) is 44.5 Å². The number of ether oxygens (including phenoxy) is 5. The van der Waals surface area contributed by atoms with E-state index in [-0.39, 0.29) is 42.9 Å². The lowest BCUT2D eigenvalue weighted by molar-refractivity contribution is -0.141. The standard InChI is InChI=1S/C21H18O8/c1-25-19-14(22)4-9-3-12-13(7-27-21(12)24)18(23)11-6-16-15(28-8-29-16)5-10(11)17(9)20(19)26-2/h4-6,12-13,22H,3,7-8H2,1-2H3/t12-,13+/m1/s1. The molecule has 0 spiro atoms. The third kappa shape index (κ3) is 2.45. The van der Waals surface area contributed by atoms with Gasteiger partial charge in [0.25, 0.3) is 0 Å². The molecule has 0 amide bonds. The van der Waals surface area contributed by atoms with E-state index in [4.69, 9.17) is 23.7 Å². The van der Waals surface area contributed by atoms with Crippen molar-refractivity contribution in [3.05, 3.63) is 29.3 Å². The Kier molecular flexibility index (Phi) is 3.84. The van der Waals surface area contributed by atoms with Gasteiger partial charge in [-0.1, -0.05) is 0 Å². The number of hydrogen-bond donors (Lipinski definition) is 1. The highest BCUT2D eigenvalue weighted by Crippen LogP contribution is 2.52. The number of aromatic hydroxyl groups is 1. The molecule has 29 heavy (non-hydrogen) atoms. The molecule has 1 N–H and O–H groups in total. The Balaban J connectivity index is 1.86. The first-order valence-corrected chi connectivity index (χ1v) is 9.15. The van der Waals surface area contributed by atoms with Gasteiger partial charge in [0.1, 0.15) is 6.61 Å². The molecule has 2 aromatic carbocycles. The van der Waals surface area contributed by atoms with Gasteiger partial charge in [0.15, 0.2) is 28.8 Å². The van der Waals surface area contributed by atoms with Crippen LogP contribution >= 0.6 is 0 Å². The maximum Gasteiger partial charge on any atom is 0.310 e. The monoisotopic (exact) mass is 398 g/mol. The molecule has 1 saturated heterocycles. The number of carbonyl (C=O) groups is 2. The second kappa shape index (κ2) is 6.30. The molecule has 2 heterocycles. The maximum atomic E-state index is 13.4. The summed E-state index contributed by atoms with van der Waals surface area (Å²) in [5.74, 6) is -0.587. The van der Waals surface area contributed by atoms with E-state index in [0.29, 0.717) is 33.8 Å². The Labute approximate surface area is 165 Å². The van der Waals surface area contributed by atoms with Crippen molar-refractivity contribution in [2.45, 2.75) is 6.42 Å². The van der Waals surface area contributed by atoms with Gasteiger partial charge in [0, 0.05) is 16.7 Å². The largest absolute Gasteiger partial charge is 0.504 e. The van der Waals surface area contributed by atoms with E-state index in [0.717, 1.165) is 0 Å². The van der Waals surface area contributed by atoms with E-state index in [1.807, 2.05) is 0 Å². The number of phenolic OH excluding ortho intramolecular Hbond substituents is 1. The first-order valence-electron chi connectivity index (χ1n) is 9.15. The molecule has 2 aromatic rings. The third-order valence-corrected chi connectivity index (χ3v) is 5.72. The predicted octanol–water partition coefficient (Wildman–Crippen LogP) is 2.33. The summed E-state index contributed by atoms with van der Waals surface area (Å²) in [5.41, 5.74) is 2.18. The molecule has 0 unspecified atom stereocenters. The van der Waals surface area contributed by atoms with Crippen molar-refractivity contribution in [3.8, 4) is 39.9 Å². The SMILES string of the molecule is COc1c(O)cc2c(c1OC)-c1cc3c(cc1C(=O)[C@H]1COC(=O)[C@@H]1C2)OCO3. The highest BCUT2D eigenvalue weighted by molar-refractivity contribution is 6.08. The summed E-state index contributed by atoms with van der Waals surface area (Å²) in [6.45, 7) is 0.0911. The van der Waals surface area contributed by atoms with E-state index in [1.54, 1.807) is 18.2 Å². The summed E-state index contributed by atoms with van der Waals surface area (Å²) in [6, 6.07) is 4.91. The van der Waals surface area contributed by atoms with E-state index < -0.39 is 17.8 Å². The highest BCUT2D eigenvalue weighted by Gasteiger charge is 2.45. The van der Waals surface area contributed by atoms with Crippen molar-refractivity contribution in [2.24, 2.45) is 11.8 Å². The van der Waals surface area contributed by atoms with Crippen LogP contribution in [0.2, 0.25) is 0 Å². The summed E-state index contributed by atoms with van der Waals surface area (Å²) in [7, 11) is 2.88. The van der Waals surface area contributed by atoms with Crippen LogP contribution in [0, 0.1) is 11.8 Å².